The first-order valence-corrected chi connectivity index (χ1v) is 16.5. The number of aliphatic carboxylic acids is 1. The van der Waals surface area contributed by atoms with Gasteiger partial charge in [-0.25, -0.2) is 13.2 Å². The van der Waals surface area contributed by atoms with E-state index in [0.717, 1.165) is 28.6 Å². The fourth-order valence-corrected chi connectivity index (χ4v) is 6.67. The molecule has 20 heteroatoms. The molecule has 0 radical (unpaired) electrons. The highest BCUT2D eigenvalue weighted by Crippen LogP contribution is 2.34. The lowest BCUT2D eigenvalue weighted by Crippen LogP contribution is -2.64. The molecule has 3 heterocycles. The molecule has 0 aliphatic carbocycles. The standard InChI is InChI=1S/C28H31ClF3N5O5S.C2HF3O2/c29-22-10-9-20-17-21(22)25(39)36-14-11-27(12-15-36,26(34)40)35-24(38)23(33)8-3-1-2-4-13-37(43(20,41)42)19-7-5-6-18(16-19)28(30,31)32;3-2(4,5)1(6)7/h2,4-7,9-10,16-17,23H,1,3,8,11-15,33H2,(H2,34,40)(H,35,38);(H,6,7)/b4-2-;. The Balaban J connectivity index is 0.000000872. The number of allylic oxidation sites excluding steroid dienone is 1. The van der Waals surface area contributed by atoms with E-state index >= 15 is 0 Å². The molecule has 4 bridgehead atoms. The van der Waals surface area contributed by atoms with Crippen LogP contribution < -0.4 is 21.1 Å². The van der Waals surface area contributed by atoms with Crippen LogP contribution in [0.25, 0.3) is 0 Å². The largest absolute Gasteiger partial charge is 0.490 e. The Labute approximate surface area is 287 Å². The first-order valence-electron chi connectivity index (χ1n) is 14.7. The number of alkyl halides is 6. The number of nitrogens with one attached hydrogen (secondary N) is 1. The number of rotatable bonds is 2. The molecule has 1 unspecified atom stereocenters. The second-order valence-corrected chi connectivity index (χ2v) is 13.5. The predicted molar refractivity (Wildman–Crippen MR) is 167 cm³/mol. The number of amides is 3. The molecule has 274 valence electrons. The minimum Gasteiger partial charge on any atom is -0.475 e. The fraction of sp³-hybridized carbons (Fsp3) is 0.400. The Morgan fingerprint density at radius 2 is 1.62 bits per heavy atom. The number of anilines is 1. The maximum Gasteiger partial charge on any atom is 0.490 e. The number of hydrogen-bond donors (Lipinski definition) is 4. The molecular weight excluding hydrogens is 724 g/mol. The summed E-state index contributed by atoms with van der Waals surface area (Å²) in [5.74, 6) is -4.73. The van der Waals surface area contributed by atoms with Gasteiger partial charge >= 0.3 is 18.3 Å². The van der Waals surface area contributed by atoms with Gasteiger partial charge in [0.15, 0.2) is 0 Å². The maximum absolute atomic E-state index is 13.9. The molecule has 6 N–H and O–H groups in total. The van der Waals surface area contributed by atoms with Crippen LogP contribution in [0, 0.1) is 0 Å². The Morgan fingerprint density at radius 1 is 1.00 bits per heavy atom. The molecule has 3 amide bonds. The summed E-state index contributed by atoms with van der Waals surface area (Å²) in [6.45, 7) is -0.342. The summed E-state index contributed by atoms with van der Waals surface area (Å²) in [6, 6.07) is 6.44. The van der Waals surface area contributed by atoms with Gasteiger partial charge in [0.05, 0.1) is 39.3 Å². The van der Waals surface area contributed by atoms with Crippen molar-refractivity contribution in [2.24, 2.45) is 11.5 Å². The van der Waals surface area contributed by atoms with Crippen molar-refractivity contribution in [3.63, 3.8) is 0 Å². The van der Waals surface area contributed by atoms with Crippen LogP contribution in [0.1, 0.15) is 48.0 Å². The molecule has 2 aromatic carbocycles. The summed E-state index contributed by atoms with van der Waals surface area (Å²) < 4.78 is 101. The third-order valence-electron chi connectivity index (χ3n) is 7.86. The Kier molecular flexibility index (Phi) is 12.6. The summed E-state index contributed by atoms with van der Waals surface area (Å²) in [5.41, 5.74) is 8.87. The zero-order valence-electron chi connectivity index (χ0n) is 25.9. The molecule has 50 heavy (non-hydrogen) atoms. The molecule has 0 spiro atoms. The van der Waals surface area contributed by atoms with E-state index in [-0.39, 0.29) is 60.1 Å². The highest BCUT2D eigenvalue weighted by Gasteiger charge is 2.43. The van der Waals surface area contributed by atoms with Crippen LogP contribution in [0.3, 0.4) is 0 Å². The van der Waals surface area contributed by atoms with Crippen LogP contribution in [0.2, 0.25) is 5.02 Å². The summed E-state index contributed by atoms with van der Waals surface area (Å²) in [6.07, 6.45) is -5.66. The van der Waals surface area contributed by atoms with Crippen molar-refractivity contribution in [1.82, 2.24) is 10.2 Å². The van der Waals surface area contributed by atoms with E-state index < -0.39 is 63.2 Å². The van der Waals surface area contributed by atoms with Crippen LogP contribution in [-0.4, -0.2) is 79.5 Å². The number of primary amides is 1. The van der Waals surface area contributed by atoms with Gasteiger partial charge in [0.25, 0.3) is 15.9 Å². The number of carboxylic acids is 1. The molecule has 0 aromatic heterocycles. The number of sulfonamides is 1. The van der Waals surface area contributed by atoms with E-state index in [1.807, 2.05) is 0 Å². The van der Waals surface area contributed by atoms with Crippen LogP contribution in [0.5, 0.6) is 0 Å². The highest BCUT2D eigenvalue weighted by molar-refractivity contribution is 7.92. The second-order valence-electron chi connectivity index (χ2n) is 11.3. The smallest absolute Gasteiger partial charge is 0.475 e. The lowest BCUT2D eigenvalue weighted by molar-refractivity contribution is -0.192. The lowest BCUT2D eigenvalue weighted by Gasteiger charge is -2.40. The minimum atomic E-state index is -5.08. The lowest BCUT2D eigenvalue weighted by atomic mass is 9.86. The van der Waals surface area contributed by atoms with Crippen molar-refractivity contribution < 1.29 is 59.0 Å². The molecule has 5 rings (SSSR count). The van der Waals surface area contributed by atoms with Gasteiger partial charge in [-0.15, -0.1) is 0 Å². The molecule has 1 fully saturated rings. The average molecular weight is 756 g/mol. The number of fused-ring (bicyclic) bond motifs is 11. The van der Waals surface area contributed by atoms with Gasteiger partial charge in [0, 0.05) is 13.1 Å². The van der Waals surface area contributed by atoms with E-state index in [1.54, 1.807) is 6.08 Å². The average Bonchev–Trinajstić information content (AvgIpc) is 3.03. The maximum atomic E-state index is 13.9. The van der Waals surface area contributed by atoms with E-state index in [4.69, 9.17) is 33.0 Å². The van der Waals surface area contributed by atoms with Gasteiger partial charge in [-0.05, 0) is 68.5 Å². The molecule has 1 atom stereocenters. The molecule has 12 nitrogen and oxygen atoms in total. The van der Waals surface area contributed by atoms with E-state index in [2.05, 4.69) is 5.32 Å². The second kappa shape index (κ2) is 15.7. The van der Waals surface area contributed by atoms with Crippen molar-refractivity contribution in [1.29, 1.82) is 0 Å². The van der Waals surface area contributed by atoms with Crippen molar-refractivity contribution in [3.8, 4) is 0 Å². The van der Waals surface area contributed by atoms with Crippen LogP contribution in [0.4, 0.5) is 32.0 Å². The Hall–Kier alpha value is -4.36. The summed E-state index contributed by atoms with van der Waals surface area (Å²) >= 11 is 6.31. The number of carboxylic acid groups (broad SMARTS) is 1. The quantitative estimate of drug-likeness (QED) is 0.262. The summed E-state index contributed by atoms with van der Waals surface area (Å²) in [4.78, 5) is 48.7. The molecule has 2 aromatic rings. The monoisotopic (exact) mass is 755 g/mol. The number of carbonyl (C=O) groups is 4. The van der Waals surface area contributed by atoms with Crippen molar-refractivity contribution in [3.05, 3.63) is 70.8 Å². The van der Waals surface area contributed by atoms with Crippen molar-refractivity contribution in [2.45, 2.75) is 60.9 Å². The van der Waals surface area contributed by atoms with Gasteiger partial charge < -0.3 is 26.8 Å². The number of halogens is 7. The van der Waals surface area contributed by atoms with Gasteiger partial charge in [-0.1, -0.05) is 29.8 Å². The molecule has 1 saturated heterocycles. The first-order chi connectivity index (χ1) is 23.1. The number of carbonyl (C=O) groups excluding carboxylic acids is 3. The minimum absolute atomic E-state index is 0.00575. The molecule has 3 aliphatic heterocycles. The van der Waals surface area contributed by atoms with Gasteiger partial charge in [-0.3, -0.25) is 18.7 Å². The van der Waals surface area contributed by atoms with Gasteiger partial charge in [0.1, 0.15) is 5.54 Å². The van der Waals surface area contributed by atoms with E-state index in [0.29, 0.717) is 12.8 Å². The predicted octanol–water partition coefficient (Wildman–Crippen LogP) is 3.83. The van der Waals surface area contributed by atoms with Crippen LogP contribution >= 0.6 is 11.6 Å². The third kappa shape index (κ3) is 9.66. The summed E-state index contributed by atoms with van der Waals surface area (Å²) in [5, 5.41) is 9.75. The van der Waals surface area contributed by atoms with Crippen molar-refractivity contribution in [2.75, 3.05) is 23.9 Å². The van der Waals surface area contributed by atoms with Crippen LogP contribution in [0.15, 0.2) is 59.5 Å². The van der Waals surface area contributed by atoms with E-state index in [1.165, 1.54) is 29.2 Å². The van der Waals surface area contributed by atoms with Gasteiger partial charge in [0.2, 0.25) is 11.8 Å². The third-order valence-corrected chi connectivity index (χ3v) is 9.98. The number of nitrogens with two attached hydrogens (primary N) is 2. The van der Waals surface area contributed by atoms with E-state index in [9.17, 15) is 49.1 Å². The first kappa shape index (κ1) is 40.1. The number of hydrogen-bond acceptors (Lipinski definition) is 7. The SMILES string of the molecule is NC(=O)C12CCN(CC1)C(=O)c1cc(ccc1Cl)S(=O)(=O)N(c1cccc(C(F)(F)F)c1)C/C=C\CCCC(N)C(=O)N2.O=C(O)C(F)(F)F. The Bertz CT molecular complexity index is 1750. The molecule has 0 saturated carbocycles. The molecular formula is C30H32ClF6N5O7S. The fourth-order valence-electron chi connectivity index (χ4n) is 5.03. The normalized spacial score (nSPS) is 20.7. The van der Waals surface area contributed by atoms with Gasteiger partial charge in [-0.2, -0.15) is 26.3 Å². The topological polar surface area (TPSA) is 193 Å². The van der Waals surface area contributed by atoms with Crippen LogP contribution in [-0.2, 0) is 30.6 Å². The zero-order chi connectivity index (χ0) is 37.7. The summed E-state index contributed by atoms with van der Waals surface area (Å²) in [7, 11) is -4.50. The number of piperidine rings is 1. The highest BCUT2D eigenvalue weighted by atomic mass is 35.5. The van der Waals surface area contributed by atoms with Crippen molar-refractivity contribution >= 4 is 51.0 Å². The number of nitrogens with zero attached hydrogens (tertiary/aromatic N) is 2. The molecule has 3 aliphatic rings. The Morgan fingerprint density at radius 3 is 2.18 bits per heavy atom. The number of benzene rings is 2. The zero-order valence-corrected chi connectivity index (χ0v) is 27.5.